The Kier molecular flexibility index (Phi) is 5.18. The van der Waals surface area contributed by atoms with Crippen molar-refractivity contribution in [1.82, 2.24) is 10.6 Å². The van der Waals surface area contributed by atoms with E-state index in [4.69, 9.17) is 4.42 Å². The first-order chi connectivity index (χ1) is 11.6. The van der Waals surface area contributed by atoms with Crippen LogP contribution in [0, 0.1) is 0 Å². The lowest BCUT2D eigenvalue weighted by Gasteiger charge is -2.13. The van der Waals surface area contributed by atoms with Gasteiger partial charge in [-0.3, -0.25) is 9.59 Å². The smallest absolute Gasteiger partial charge is 0.230 e. The lowest BCUT2D eigenvalue weighted by atomic mass is 10.1. The molecule has 2 aromatic rings. The van der Waals surface area contributed by atoms with E-state index in [2.05, 4.69) is 10.6 Å². The molecule has 5 nitrogen and oxygen atoms in total. The van der Waals surface area contributed by atoms with Crippen LogP contribution >= 0.6 is 0 Å². The Hall–Kier alpha value is -2.30. The average molecular weight is 328 g/mol. The maximum atomic E-state index is 12.2. The summed E-state index contributed by atoms with van der Waals surface area (Å²) in [4.78, 5) is 24.1. The number of hydrogen-bond acceptors (Lipinski definition) is 3. The monoisotopic (exact) mass is 328 g/mol. The molecule has 5 heteroatoms. The number of amides is 2. The fourth-order valence-electron chi connectivity index (χ4n) is 3.17. The van der Waals surface area contributed by atoms with Gasteiger partial charge in [0.15, 0.2) is 0 Å². The van der Waals surface area contributed by atoms with Crippen molar-refractivity contribution in [3.8, 4) is 0 Å². The van der Waals surface area contributed by atoms with Crippen molar-refractivity contribution in [2.75, 3.05) is 6.54 Å². The lowest BCUT2D eigenvalue weighted by molar-refractivity contribution is -0.123. The second-order valence-corrected chi connectivity index (χ2v) is 6.50. The molecule has 1 heterocycles. The summed E-state index contributed by atoms with van der Waals surface area (Å²) in [5.41, 5.74) is 0.781. The molecule has 1 saturated carbocycles. The second kappa shape index (κ2) is 7.51. The molecule has 3 rings (SSSR count). The molecular weight excluding hydrogens is 304 g/mol. The topological polar surface area (TPSA) is 71.3 Å². The molecule has 128 valence electrons. The van der Waals surface area contributed by atoms with Gasteiger partial charge in [-0.05, 0) is 31.9 Å². The van der Waals surface area contributed by atoms with Crippen LogP contribution < -0.4 is 10.6 Å². The van der Waals surface area contributed by atoms with Gasteiger partial charge in [0.05, 0.1) is 5.92 Å². The van der Waals surface area contributed by atoms with Gasteiger partial charge >= 0.3 is 0 Å². The third-order valence-corrected chi connectivity index (χ3v) is 4.64. The molecule has 1 aromatic carbocycles. The van der Waals surface area contributed by atoms with E-state index < -0.39 is 0 Å². The van der Waals surface area contributed by atoms with Gasteiger partial charge in [-0.25, -0.2) is 0 Å². The third-order valence-electron chi connectivity index (χ3n) is 4.64. The average Bonchev–Trinajstić information content (AvgIpc) is 3.22. The molecule has 1 fully saturated rings. The van der Waals surface area contributed by atoms with Gasteiger partial charge in [0.2, 0.25) is 11.8 Å². The number of benzene rings is 1. The van der Waals surface area contributed by atoms with Crippen molar-refractivity contribution in [1.29, 1.82) is 0 Å². The van der Waals surface area contributed by atoms with Gasteiger partial charge in [-0.2, -0.15) is 0 Å². The van der Waals surface area contributed by atoms with Crippen LogP contribution in [0.25, 0.3) is 11.0 Å². The maximum Gasteiger partial charge on any atom is 0.230 e. The third kappa shape index (κ3) is 3.96. The summed E-state index contributed by atoms with van der Waals surface area (Å²) in [6, 6.07) is 9.91. The predicted molar refractivity (Wildman–Crippen MR) is 92.7 cm³/mol. The highest BCUT2D eigenvalue weighted by Crippen LogP contribution is 2.25. The summed E-state index contributed by atoms with van der Waals surface area (Å²) < 4.78 is 5.73. The van der Waals surface area contributed by atoms with E-state index in [-0.39, 0.29) is 17.7 Å². The Morgan fingerprint density at radius 3 is 2.75 bits per heavy atom. The van der Waals surface area contributed by atoms with Gasteiger partial charge < -0.3 is 15.1 Å². The van der Waals surface area contributed by atoms with Crippen LogP contribution in [0.3, 0.4) is 0 Å². The van der Waals surface area contributed by atoms with E-state index in [0.717, 1.165) is 23.8 Å². The zero-order chi connectivity index (χ0) is 16.9. The van der Waals surface area contributed by atoms with Crippen LogP contribution in [0.5, 0.6) is 0 Å². The maximum absolute atomic E-state index is 12.2. The molecule has 2 amide bonds. The van der Waals surface area contributed by atoms with E-state index in [1.165, 1.54) is 12.8 Å². The largest absolute Gasteiger partial charge is 0.460 e. The summed E-state index contributed by atoms with van der Waals surface area (Å²) >= 11 is 0. The summed E-state index contributed by atoms with van der Waals surface area (Å²) in [5, 5.41) is 6.83. The van der Waals surface area contributed by atoms with Crippen LogP contribution in [0.15, 0.2) is 34.7 Å². The van der Waals surface area contributed by atoms with Gasteiger partial charge in [0.25, 0.3) is 0 Å². The SMILES string of the molecule is C[C@@H](C(=O)NCCC(=O)NC1CCCC1)c1cc2ccccc2o1. The molecule has 0 spiro atoms. The summed E-state index contributed by atoms with van der Waals surface area (Å²) in [7, 11) is 0. The van der Waals surface area contributed by atoms with E-state index in [1.807, 2.05) is 37.3 Å². The van der Waals surface area contributed by atoms with E-state index in [9.17, 15) is 9.59 Å². The normalized spacial score (nSPS) is 16.2. The van der Waals surface area contributed by atoms with Crippen molar-refractivity contribution >= 4 is 22.8 Å². The molecule has 0 radical (unpaired) electrons. The van der Waals surface area contributed by atoms with Crippen LogP contribution in [-0.2, 0) is 9.59 Å². The standard InChI is InChI=1S/C19H24N2O3/c1-13(17-12-14-6-2-5-9-16(14)24-17)19(23)20-11-10-18(22)21-15-7-3-4-8-15/h2,5-6,9,12-13,15H,3-4,7-8,10-11H2,1H3,(H,20,23)(H,21,22)/t13-/m1/s1. The number of para-hydroxylation sites is 1. The van der Waals surface area contributed by atoms with Gasteiger partial charge in [0, 0.05) is 24.4 Å². The number of fused-ring (bicyclic) bond motifs is 1. The Bertz CT molecular complexity index is 683. The zero-order valence-electron chi connectivity index (χ0n) is 14.0. The fraction of sp³-hybridized carbons (Fsp3) is 0.474. The Morgan fingerprint density at radius 2 is 2.00 bits per heavy atom. The van der Waals surface area contributed by atoms with Crippen molar-refractivity contribution in [3.05, 3.63) is 36.1 Å². The van der Waals surface area contributed by atoms with E-state index >= 15 is 0 Å². The summed E-state index contributed by atoms with van der Waals surface area (Å²) in [6.07, 6.45) is 4.84. The minimum absolute atomic E-state index is 0.0126. The minimum Gasteiger partial charge on any atom is -0.460 e. The van der Waals surface area contributed by atoms with E-state index in [1.54, 1.807) is 0 Å². The molecule has 0 unspecified atom stereocenters. The van der Waals surface area contributed by atoms with Crippen molar-refractivity contribution in [2.45, 2.75) is 51.0 Å². The lowest BCUT2D eigenvalue weighted by Crippen LogP contribution is -2.36. The molecule has 0 saturated heterocycles. The number of furan rings is 1. The summed E-state index contributed by atoms with van der Waals surface area (Å²) in [5.74, 6) is 0.153. The first kappa shape index (κ1) is 16.6. The highest BCUT2D eigenvalue weighted by Gasteiger charge is 2.20. The molecule has 1 aromatic heterocycles. The Morgan fingerprint density at radius 1 is 1.25 bits per heavy atom. The number of carbonyl (C=O) groups is 2. The Balaban J connectivity index is 1.46. The van der Waals surface area contributed by atoms with Crippen LogP contribution in [0.4, 0.5) is 0 Å². The minimum atomic E-state index is -0.379. The molecule has 0 bridgehead atoms. The number of nitrogens with one attached hydrogen (secondary N) is 2. The van der Waals surface area contributed by atoms with Crippen LogP contribution in [0.2, 0.25) is 0 Å². The highest BCUT2D eigenvalue weighted by molar-refractivity contribution is 5.86. The van der Waals surface area contributed by atoms with Gasteiger partial charge in [0.1, 0.15) is 11.3 Å². The first-order valence-electron chi connectivity index (χ1n) is 8.69. The predicted octanol–water partition coefficient (Wildman–Crippen LogP) is 3.10. The second-order valence-electron chi connectivity index (χ2n) is 6.50. The zero-order valence-corrected chi connectivity index (χ0v) is 14.0. The molecule has 24 heavy (non-hydrogen) atoms. The van der Waals surface area contributed by atoms with Gasteiger partial charge in [-0.15, -0.1) is 0 Å². The highest BCUT2D eigenvalue weighted by atomic mass is 16.3. The molecular formula is C19H24N2O3. The molecule has 0 aliphatic heterocycles. The van der Waals surface area contributed by atoms with E-state index in [0.29, 0.717) is 24.8 Å². The molecule has 1 atom stereocenters. The first-order valence-corrected chi connectivity index (χ1v) is 8.69. The number of hydrogen-bond donors (Lipinski definition) is 2. The van der Waals surface area contributed by atoms with Crippen molar-refractivity contribution in [2.24, 2.45) is 0 Å². The van der Waals surface area contributed by atoms with Crippen LogP contribution in [0.1, 0.15) is 50.7 Å². The summed E-state index contributed by atoms with van der Waals surface area (Å²) in [6.45, 7) is 2.16. The number of rotatable bonds is 6. The molecule has 1 aliphatic rings. The van der Waals surface area contributed by atoms with Crippen LogP contribution in [-0.4, -0.2) is 24.4 Å². The van der Waals surface area contributed by atoms with Crippen molar-refractivity contribution < 1.29 is 14.0 Å². The van der Waals surface area contributed by atoms with Crippen molar-refractivity contribution in [3.63, 3.8) is 0 Å². The number of carbonyl (C=O) groups excluding carboxylic acids is 2. The molecule has 2 N–H and O–H groups in total. The molecule has 1 aliphatic carbocycles. The fourth-order valence-corrected chi connectivity index (χ4v) is 3.17. The quantitative estimate of drug-likeness (QED) is 0.856. The Labute approximate surface area is 141 Å². The van der Waals surface area contributed by atoms with Gasteiger partial charge in [-0.1, -0.05) is 31.0 Å².